The number of nitrogens with zero attached hydrogens (tertiary/aromatic N) is 1. The third-order valence-electron chi connectivity index (χ3n) is 3.51. The predicted molar refractivity (Wildman–Crippen MR) is 58.6 cm³/mol. The second kappa shape index (κ2) is 4.38. The number of imide groups is 1. The molecule has 2 amide bonds. The molecule has 2 fully saturated rings. The van der Waals surface area contributed by atoms with E-state index in [2.05, 4.69) is 0 Å². The van der Waals surface area contributed by atoms with E-state index in [0.29, 0.717) is 12.8 Å². The van der Waals surface area contributed by atoms with Gasteiger partial charge in [0.05, 0.1) is 17.6 Å². The molecular weight excluding hydrogens is 246 g/mol. The van der Waals surface area contributed by atoms with Crippen molar-refractivity contribution in [3.8, 4) is 0 Å². The molecule has 0 aromatic rings. The normalized spacial score (nSPS) is 29.6. The van der Waals surface area contributed by atoms with E-state index < -0.39 is 15.9 Å². The quantitative estimate of drug-likeness (QED) is 0.572. The van der Waals surface area contributed by atoms with E-state index >= 15 is 0 Å². The van der Waals surface area contributed by atoms with E-state index in [1.807, 2.05) is 0 Å². The Morgan fingerprint density at radius 3 is 2.00 bits per heavy atom. The molecule has 6 nitrogen and oxygen atoms in total. The molecule has 0 spiro atoms. The standard InChI is InChI=1S/C10H15NO5S/c12-9-7-3-1-2-4-8(7)10(13)11(9)5-6-17(14,15)16/h7-8H,1-6H2,(H,14,15,16). The first-order valence-electron chi connectivity index (χ1n) is 5.70. The van der Waals surface area contributed by atoms with E-state index in [-0.39, 0.29) is 30.2 Å². The van der Waals surface area contributed by atoms with Crippen molar-refractivity contribution in [2.75, 3.05) is 12.3 Å². The van der Waals surface area contributed by atoms with Crippen molar-refractivity contribution in [3.05, 3.63) is 0 Å². The van der Waals surface area contributed by atoms with Gasteiger partial charge in [0.15, 0.2) is 0 Å². The van der Waals surface area contributed by atoms with Crippen LogP contribution in [0.4, 0.5) is 0 Å². The summed E-state index contributed by atoms with van der Waals surface area (Å²) in [7, 11) is -4.14. The van der Waals surface area contributed by atoms with Gasteiger partial charge < -0.3 is 0 Å². The first-order valence-corrected chi connectivity index (χ1v) is 7.31. The van der Waals surface area contributed by atoms with Crippen LogP contribution in [0.15, 0.2) is 0 Å². The molecule has 0 aromatic carbocycles. The molecule has 2 rings (SSSR count). The monoisotopic (exact) mass is 261 g/mol. The van der Waals surface area contributed by atoms with Gasteiger partial charge in [-0.05, 0) is 12.8 Å². The highest BCUT2D eigenvalue weighted by molar-refractivity contribution is 7.85. The lowest BCUT2D eigenvalue weighted by Gasteiger charge is -2.19. The van der Waals surface area contributed by atoms with E-state index in [9.17, 15) is 18.0 Å². The zero-order chi connectivity index (χ0) is 12.6. The molecule has 1 heterocycles. The molecule has 96 valence electrons. The van der Waals surface area contributed by atoms with Crippen LogP contribution < -0.4 is 0 Å². The lowest BCUT2D eigenvalue weighted by Crippen LogP contribution is -2.35. The summed E-state index contributed by atoms with van der Waals surface area (Å²) in [6.07, 6.45) is 3.29. The number of fused-ring (bicyclic) bond motifs is 1. The third-order valence-corrected chi connectivity index (χ3v) is 4.20. The van der Waals surface area contributed by atoms with Gasteiger partial charge in [-0.25, -0.2) is 0 Å². The van der Waals surface area contributed by atoms with Crippen LogP contribution in [0.1, 0.15) is 25.7 Å². The molecule has 1 N–H and O–H groups in total. The summed E-state index contributed by atoms with van der Waals surface area (Å²) in [4.78, 5) is 24.8. The Morgan fingerprint density at radius 1 is 1.12 bits per heavy atom. The molecule has 1 saturated carbocycles. The number of rotatable bonds is 3. The van der Waals surface area contributed by atoms with Crippen LogP contribution in [0.5, 0.6) is 0 Å². The Labute approximate surface area is 99.7 Å². The van der Waals surface area contributed by atoms with Gasteiger partial charge in [-0.1, -0.05) is 12.8 Å². The SMILES string of the molecule is O=C1C2CCCCC2C(=O)N1CCS(=O)(=O)O. The maximum atomic E-state index is 11.9. The molecule has 2 unspecified atom stereocenters. The van der Waals surface area contributed by atoms with Crippen LogP contribution in [0.3, 0.4) is 0 Å². The Balaban J connectivity index is 2.08. The summed E-state index contributed by atoms with van der Waals surface area (Å²) in [6, 6.07) is 0. The van der Waals surface area contributed by atoms with Gasteiger partial charge in [0.25, 0.3) is 10.1 Å². The average molecular weight is 261 g/mol. The van der Waals surface area contributed by atoms with Gasteiger partial charge in [0.2, 0.25) is 11.8 Å². The minimum absolute atomic E-state index is 0.233. The maximum absolute atomic E-state index is 11.9. The highest BCUT2D eigenvalue weighted by Crippen LogP contribution is 2.37. The van der Waals surface area contributed by atoms with Gasteiger partial charge in [0.1, 0.15) is 0 Å². The number of hydrogen-bond donors (Lipinski definition) is 1. The van der Waals surface area contributed by atoms with E-state index in [0.717, 1.165) is 17.7 Å². The Hall–Kier alpha value is -0.950. The minimum Gasteiger partial charge on any atom is -0.285 e. The molecule has 0 radical (unpaired) electrons. The van der Waals surface area contributed by atoms with E-state index in [1.165, 1.54) is 0 Å². The van der Waals surface area contributed by atoms with Crippen molar-refractivity contribution < 1.29 is 22.6 Å². The molecule has 17 heavy (non-hydrogen) atoms. The first kappa shape index (κ1) is 12.5. The summed E-state index contributed by atoms with van der Waals surface area (Å²) >= 11 is 0. The Bertz CT molecular complexity index is 420. The summed E-state index contributed by atoms with van der Waals surface area (Å²) in [5.41, 5.74) is 0. The maximum Gasteiger partial charge on any atom is 0.266 e. The molecule has 2 atom stereocenters. The van der Waals surface area contributed by atoms with Crippen molar-refractivity contribution in [2.24, 2.45) is 11.8 Å². The van der Waals surface area contributed by atoms with Crippen molar-refractivity contribution in [1.82, 2.24) is 4.90 Å². The summed E-state index contributed by atoms with van der Waals surface area (Å²) < 4.78 is 29.9. The van der Waals surface area contributed by atoms with Crippen LogP contribution in [0.25, 0.3) is 0 Å². The minimum atomic E-state index is -4.14. The lowest BCUT2D eigenvalue weighted by molar-refractivity contribution is -0.139. The zero-order valence-electron chi connectivity index (χ0n) is 9.33. The molecule has 2 aliphatic rings. The highest BCUT2D eigenvalue weighted by Gasteiger charge is 2.47. The Morgan fingerprint density at radius 2 is 1.59 bits per heavy atom. The van der Waals surface area contributed by atoms with Gasteiger partial charge in [-0.3, -0.25) is 19.0 Å². The topological polar surface area (TPSA) is 91.8 Å². The van der Waals surface area contributed by atoms with Gasteiger partial charge >= 0.3 is 0 Å². The van der Waals surface area contributed by atoms with Crippen molar-refractivity contribution >= 4 is 21.9 Å². The van der Waals surface area contributed by atoms with Crippen LogP contribution >= 0.6 is 0 Å². The fourth-order valence-electron chi connectivity index (χ4n) is 2.66. The van der Waals surface area contributed by atoms with Gasteiger partial charge in [-0.15, -0.1) is 0 Å². The number of amides is 2. The fourth-order valence-corrected chi connectivity index (χ4v) is 3.07. The molecule has 0 aromatic heterocycles. The van der Waals surface area contributed by atoms with Crippen LogP contribution in [0, 0.1) is 11.8 Å². The molecule has 1 aliphatic carbocycles. The fraction of sp³-hybridized carbons (Fsp3) is 0.800. The van der Waals surface area contributed by atoms with E-state index in [4.69, 9.17) is 4.55 Å². The number of hydrogen-bond acceptors (Lipinski definition) is 4. The van der Waals surface area contributed by atoms with Crippen LogP contribution in [-0.2, 0) is 19.7 Å². The van der Waals surface area contributed by atoms with Crippen molar-refractivity contribution in [3.63, 3.8) is 0 Å². The summed E-state index contributed by atoms with van der Waals surface area (Å²) in [6.45, 7) is -0.233. The number of likely N-dealkylation sites (tertiary alicyclic amines) is 1. The van der Waals surface area contributed by atoms with Crippen molar-refractivity contribution in [2.45, 2.75) is 25.7 Å². The largest absolute Gasteiger partial charge is 0.285 e. The second-order valence-corrected chi connectivity index (χ2v) is 6.18. The smallest absolute Gasteiger partial charge is 0.266 e. The lowest BCUT2D eigenvalue weighted by atomic mass is 9.81. The highest BCUT2D eigenvalue weighted by atomic mass is 32.2. The second-order valence-electron chi connectivity index (χ2n) is 4.61. The van der Waals surface area contributed by atoms with Crippen LogP contribution in [0.2, 0.25) is 0 Å². The molecule has 0 bridgehead atoms. The third kappa shape index (κ3) is 2.50. The molecular formula is C10H15NO5S. The van der Waals surface area contributed by atoms with Crippen molar-refractivity contribution in [1.29, 1.82) is 0 Å². The summed E-state index contributed by atoms with van der Waals surface area (Å²) in [5, 5.41) is 0. The number of carbonyl (C=O) groups excluding carboxylic acids is 2. The first-order chi connectivity index (χ1) is 7.90. The summed E-state index contributed by atoms with van der Waals surface area (Å²) in [5.74, 6) is -1.66. The number of carbonyl (C=O) groups is 2. The molecule has 1 aliphatic heterocycles. The zero-order valence-corrected chi connectivity index (χ0v) is 10.1. The van der Waals surface area contributed by atoms with Gasteiger partial charge in [0, 0.05) is 6.54 Å². The van der Waals surface area contributed by atoms with Crippen LogP contribution in [-0.4, -0.2) is 42.0 Å². The van der Waals surface area contributed by atoms with Gasteiger partial charge in [-0.2, -0.15) is 8.42 Å². The predicted octanol–water partition coefficient (Wildman–Crippen LogP) is 0.0494. The molecule has 7 heteroatoms. The molecule has 1 saturated heterocycles. The Kier molecular flexibility index (Phi) is 3.22. The average Bonchev–Trinajstić information content (AvgIpc) is 2.49. The van der Waals surface area contributed by atoms with E-state index in [1.54, 1.807) is 0 Å².